The summed E-state index contributed by atoms with van der Waals surface area (Å²) in [6.07, 6.45) is -0.633. The Balaban J connectivity index is 4.31. The van der Waals surface area contributed by atoms with Gasteiger partial charge in [0.05, 0.1) is 7.11 Å². The lowest BCUT2D eigenvalue weighted by atomic mass is 10.2. The van der Waals surface area contributed by atoms with E-state index in [9.17, 15) is 9.59 Å². The van der Waals surface area contributed by atoms with E-state index in [0.29, 0.717) is 18.1 Å². The fourth-order valence-corrected chi connectivity index (χ4v) is 1.83. The van der Waals surface area contributed by atoms with Gasteiger partial charge in [-0.1, -0.05) is 0 Å². The Morgan fingerprint density at radius 3 is 2.44 bits per heavy atom. The molecule has 0 aromatic heterocycles. The number of esters is 1. The van der Waals surface area contributed by atoms with Crippen molar-refractivity contribution in [2.75, 3.05) is 25.2 Å². The monoisotopic (exact) mass is 278 g/mol. The number of methoxy groups -OCH3 is 1. The van der Waals surface area contributed by atoms with Gasteiger partial charge >= 0.3 is 12.1 Å². The number of carbonyl (C=O) groups is 2. The largest absolute Gasteiger partial charge is 0.467 e. The molecule has 0 aromatic carbocycles. The maximum Gasteiger partial charge on any atom is 0.408 e. The van der Waals surface area contributed by atoms with E-state index >= 15 is 0 Å². The summed E-state index contributed by atoms with van der Waals surface area (Å²) < 4.78 is 9.70. The van der Waals surface area contributed by atoms with Crippen LogP contribution in [-0.4, -0.2) is 48.9 Å². The Bertz CT molecular complexity index is 279. The first-order valence-electron chi connectivity index (χ1n) is 5.65. The molecule has 7 heteroatoms. The van der Waals surface area contributed by atoms with Crippen LogP contribution in [-0.2, 0) is 14.3 Å². The molecular weight excluding hydrogens is 256 g/mol. The zero-order valence-corrected chi connectivity index (χ0v) is 12.1. The van der Waals surface area contributed by atoms with Crippen molar-refractivity contribution in [3.05, 3.63) is 0 Å². The van der Waals surface area contributed by atoms with Gasteiger partial charge in [0.15, 0.2) is 0 Å². The van der Waals surface area contributed by atoms with Gasteiger partial charge in [0.1, 0.15) is 11.6 Å². The number of nitrogens with one attached hydrogen (secondary N) is 1. The molecular formula is C11H22N2O4S. The van der Waals surface area contributed by atoms with Gasteiger partial charge in [-0.15, -0.1) is 0 Å². The van der Waals surface area contributed by atoms with Crippen LogP contribution < -0.4 is 11.1 Å². The van der Waals surface area contributed by atoms with Crippen molar-refractivity contribution in [2.24, 2.45) is 5.73 Å². The number of hydrogen-bond acceptors (Lipinski definition) is 6. The van der Waals surface area contributed by atoms with Crippen molar-refractivity contribution in [3.63, 3.8) is 0 Å². The van der Waals surface area contributed by atoms with E-state index in [1.807, 2.05) is 0 Å². The van der Waals surface area contributed by atoms with Crippen molar-refractivity contribution >= 4 is 23.8 Å². The highest BCUT2D eigenvalue weighted by molar-refractivity contribution is 7.99. The minimum atomic E-state index is -0.721. The molecule has 1 amide bonds. The number of nitrogens with two attached hydrogens (primary N) is 1. The van der Waals surface area contributed by atoms with Crippen LogP contribution in [0.3, 0.4) is 0 Å². The fraction of sp³-hybridized carbons (Fsp3) is 0.818. The van der Waals surface area contributed by atoms with Crippen molar-refractivity contribution in [3.8, 4) is 0 Å². The van der Waals surface area contributed by atoms with Crippen LogP contribution in [0, 0.1) is 0 Å². The summed E-state index contributed by atoms with van der Waals surface area (Å²) in [6.45, 7) is 5.78. The molecule has 0 bridgehead atoms. The summed E-state index contributed by atoms with van der Waals surface area (Å²) >= 11 is 1.47. The van der Waals surface area contributed by atoms with Crippen LogP contribution >= 0.6 is 11.8 Å². The Hall–Kier alpha value is -0.950. The van der Waals surface area contributed by atoms with Crippen molar-refractivity contribution < 1.29 is 19.1 Å². The summed E-state index contributed by atoms with van der Waals surface area (Å²) in [4.78, 5) is 23.0. The van der Waals surface area contributed by atoms with Crippen LogP contribution in [0.25, 0.3) is 0 Å². The maximum absolute atomic E-state index is 11.5. The average molecular weight is 278 g/mol. The molecule has 106 valence electrons. The van der Waals surface area contributed by atoms with E-state index in [1.165, 1.54) is 18.9 Å². The molecule has 0 aliphatic carbocycles. The molecule has 3 N–H and O–H groups in total. The van der Waals surface area contributed by atoms with E-state index in [4.69, 9.17) is 10.5 Å². The SMILES string of the molecule is COC(=O)[C@H](CSCCN)NC(=O)OC(C)(C)C. The second-order valence-electron chi connectivity index (χ2n) is 4.59. The van der Waals surface area contributed by atoms with Crippen molar-refractivity contribution in [1.82, 2.24) is 5.32 Å². The first kappa shape index (κ1) is 17.1. The zero-order valence-electron chi connectivity index (χ0n) is 11.3. The number of alkyl carbamates (subject to hydrolysis) is 1. The average Bonchev–Trinajstić information content (AvgIpc) is 2.24. The highest BCUT2D eigenvalue weighted by atomic mass is 32.2. The first-order valence-corrected chi connectivity index (χ1v) is 6.80. The van der Waals surface area contributed by atoms with Gasteiger partial charge in [0, 0.05) is 18.1 Å². The number of ether oxygens (including phenoxy) is 2. The number of amides is 1. The van der Waals surface area contributed by atoms with Gasteiger partial charge in [-0.3, -0.25) is 0 Å². The van der Waals surface area contributed by atoms with Gasteiger partial charge in [0.25, 0.3) is 0 Å². The Morgan fingerprint density at radius 2 is 2.00 bits per heavy atom. The predicted molar refractivity (Wildman–Crippen MR) is 71.6 cm³/mol. The third-order valence-electron chi connectivity index (χ3n) is 1.72. The second-order valence-corrected chi connectivity index (χ2v) is 5.74. The lowest BCUT2D eigenvalue weighted by Crippen LogP contribution is -2.45. The molecule has 0 rings (SSSR count). The van der Waals surface area contributed by atoms with Crippen LogP contribution in [0.15, 0.2) is 0 Å². The number of thioether (sulfide) groups is 1. The van der Waals surface area contributed by atoms with Gasteiger partial charge in [-0.2, -0.15) is 11.8 Å². The third kappa shape index (κ3) is 8.19. The van der Waals surface area contributed by atoms with E-state index in [2.05, 4.69) is 10.1 Å². The van der Waals surface area contributed by atoms with Crippen LogP contribution in [0.4, 0.5) is 4.79 Å². The second kappa shape index (κ2) is 8.20. The van der Waals surface area contributed by atoms with E-state index in [0.717, 1.165) is 0 Å². The van der Waals surface area contributed by atoms with E-state index < -0.39 is 23.7 Å². The zero-order chi connectivity index (χ0) is 14.2. The van der Waals surface area contributed by atoms with Crippen molar-refractivity contribution in [1.29, 1.82) is 0 Å². The number of carbonyl (C=O) groups excluding carboxylic acids is 2. The molecule has 0 spiro atoms. The lowest BCUT2D eigenvalue weighted by molar-refractivity contribution is -0.142. The molecule has 0 aliphatic rings. The summed E-state index contributed by atoms with van der Waals surface area (Å²) in [5, 5.41) is 2.49. The van der Waals surface area contributed by atoms with Crippen LogP contribution in [0.2, 0.25) is 0 Å². The predicted octanol–water partition coefficient (Wildman–Crippen LogP) is 0.745. The summed E-state index contributed by atoms with van der Waals surface area (Å²) in [6, 6.07) is -0.721. The normalized spacial score (nSPS) is 12.7. The summed E-state index contributed by atoms with van der Waals surface area (Å²) in [7, 11) is 1.28. The third-order valence-corrected chi connectivity index (χ3v) is 2.82. The van der Waals surface area contributed by atoms with Gasteiger partial charge < -0.3 is 20.5 Å². The van der Waals surface area contributed by atoms with Gasteiger partial charge in [-0.05, 0) is 20.8 Å². The molecule has 1 atom stereocenters. The summed E-state index contributed by atoms with van der Waals surface area (Å²) in [5.41, 5.74) is 4.76. The maximum atomic E-state index is 11.5. The first-order chi connectivity index (χ1) is 8.30. The molecule has 18 heavy (non-hydrogen) atoms. The molecule has 6 nitrogen and oxygen atoms in total. The standard InChI is InChI=1S/C11H22N2O4S/c1-11(2,3)17-10(15)13-8(9(14)16-4)7-18-6-5-12/h8H,5-7,12H2,1-4H3,(H,13,15)/t8-/m0/s1. The summed E-state index contributed by atoms with van der Waals surface area (Å²) in [5.74, 6) is 0.623. The lowest BCUT2D eigenvalue weighted by Gasteiger charge is -2.22. The molecule has 0 radical (unpaired) electrons. The molecule has 0 saturated carbocycles. The molecule has 0 aliphatic heterocycles. The number of hydrogen-bond donors (Lipinski definition) is 2. The quantitative estimate of drug-likeness (QED) is 0.550. The highest BCUT2D eigenvalue weighted by Gasteiger charge is 2.24. The molecule has 0 aromatic rings. The van der Waals surface area contributed by atoms with Gasteiger partial charge in [0.2, 0.25) is 0 Å². The smallest absolute Gasteiger partial charge is 0.408 e. The molecule has 0 fully saturated rings. The van der Waals surface area contributed by atoms with Crippen LogP contribution in [0.1, 0.15) is 20.8 Å². The minimum absolute atomic E-state index is 0.406. The topological polar surface area (TPSA) is 90.6 Å². The highest BCUT2D eigenvalue weighted by Crippen LogP contribution is 2.08. The van der Waals surface area contributed by atoms with Gasteiger partial charge in [-0.25, -0.2) is 9.59 Å². The molecule has 0 heterocycles. The minimum Gasteiger partial charge on any atom is -0.467 e. The van der Waals surface area contributed by atoms with Crippen LogP contribution in [0.5, 0.6) is 0 Å². The van der Waals surface area contributed by atoms with E-state index in [1.54, 1.807) is 20.8 Å². The molecule has 0 unspecified atom stereocenters. The Morgan fingerprint density at radius 1 is 1.39 bits per heavy atom. The number of rotatable bonds is 6. The van der Waals surface area contributed by atoms with E-state index in [-0.39, 0.29) is 0 Å². The molecule has 0 saturated heterocycles. The Kier molecular flexibility index (Phi) is 7.77. The fourth-order valence-electron chi connectivity index (χ4n) is 1.05. The Labute approximate surface area is 112 Å². The van der Waals surface area contributed by atoms with Crippen molar-refractivity contribution in [2.45, 2.75) is 32.4 Å².